The third-order valence-electron chi connectivity index (χ3n) is 4.15. The number of carbonyl (C=O) groups is 1. The highest BCUT2D eigenvalue weighted by atomic mass is 16.6. The van der Waals surface area contributed by atoms with Crippen LogP contribution in [-0.4, -0.2) is 40.3 Å². The first kappa shape index (κ1) is 19.3. The Hall–Kier alpha value is -3.42. The van der Waals surface area contributed by atoms with Gasteiger partial charge in [-0.1, -0.05) is 24.6 Å². The lowest BCUT2D eigenvalue weighted by atomic mass is 9.98. The van der Waals surface area contributed by atoms with Gasteiger partial charge in [-0.3, -0.25) is 10.3 Å². The molecule has 8 heteroatoms. The van der Waals surface area contributed by atoms with Crippen molar-refractivity contribution in [2.75, 3.05) is 19.0 Å². The summed E-state index contributed by atoms with van der Waals surface area (Å²) in [6.45, 7) is 4.47. The lowest BCUT2D eigenvalue weighted by molar-refractivity contribution is 0.213. The highest BCUT2D eigenvalue weighted by molar-refractivity contribution is 6.11. The number of fused-ring (bicyclic) bond motifs is 1. The molecule has 8 nitrogen and oxygen atoms in total. The maximum absolute atomic E-state index is 11.9. The third-order valence-corrected chi connectivity index (χ3v) is 4.15. The number of imidazole rings is 1. The van der Waals surface area contributed by atoms with Crippen molar-refractivity contribution in [3.05, 3.63) is 42.2 Å². The van der Waals surface area contributed by atoms with Crippen LogP contribution in [0.4, 0.5) is 10.7 Å². The largest absolute Gasteiger partial charge is 0.399 e. The van der Waals surface area contributed by atoms with Crippen molar-refractivity contribution in [2.24, 2.45) is 5.16 Å². The molecule has 28 heavy (non-hydrogen) atoms. The number of hydrogen-bond acceptors (Lipinski definition) is 5. The molecular formula is C20H24N6O2. The highest BCUT2D eigenvalue weighted by Gasteiger charge is 2.16. The van der Waals surface area contributed by atoms with E-state index in [0.717, 1.165) is 46.3 Å². The second kappa shape index (κ2) is 8.98. The number of urea groups is 1. The van der Waals surface area contributed by atoms with Crippen molar-refractivity contribution < 1.29 is 9.63 Å². The minimum Gasteiger partial charge on any atom is -0.399 e. The summed E-state index contributed by atoms with van der Waals surface area (Å²) in [5, 5.41) is 9.63. The van der Waals surface area contributed by atoms with Crippen LogP contribution in [-0.2, 0) is 4.84 Å². The smallest absolute Gasteiger partial charge is 0.321 e. The molecule has 0 aliphatic heterocycles. The van der Waals surface area contributed by atoms with E-state index in [9.17, 15) is 4.79 Å². The molecule has 1 aromatic carbocycles. The van der Waals surface area contributed by atoms with Crippen molar-refractivity contribution in [3.8, 4) is 11.1 Å². The molecule has 0 unspecified atom stereocenters. The Balaban J connectivity index is 2.14. The summed E-state index contributed by atoms with van der Waals surface area (Å²) in [5.74, 6) is 0.374. The van der Waals surface area contributed by atoms with Gasteiger partial charge in [0, 0.05) is 30.1 Å². The van der Waals surface area contributed by atoms with Gasteiger partial charge in [-0.15, -0.1) is 0 Å². The third kappa shape index (κ3) is 4.28. The van der Waals surface area contributed by atoms with E-state index in [1.54, 1.807) is 6.20 Å². The van der Waals surface area contributed by atoms with Gasteiger partial charge in [0.15, 0.2) is 0 Å². The highest BCUT2D eigenvalue weighted by Crippen LogP contribution is 2.28. The van der Waals surface area contributed by atoms with Crippen molar-refractivity contribution in [1.29, 1.82) is 0 Å². The maximum atomic E-state index is 11.9. The minimum absolute atomic E-state index is 0.310. The number of pyridine rings is 1. The van der Waals surface area contributed by atoms with E-state index in [1.807, 2.05) is 37.4 Å². The van der Waals surface area contributed by atoms with Gasteiger partial charge in [0.05, 0.1) is 16.7 Å². The second-order valence-electron chi connectivity index (χ2n) is 6.20. The van der Waals surface area contributed by atoms with Crippen LogP contribution >= 0.6 is 0 Å². The van der Waals surface area contributed by atoms with Gasteiger partial charge >= 0.3 is 6.03 Å². The van der Waals surface area contributed by atoms with E-state index in [0.29, 0.717) is 12.5 Å². The molecule has 3 rings (SSSR count). The molecule has 0 radical (unpaired) electrons. The Morgan fingerprint density at radius 1 is 1.29 bits per heavy atom. The van der Waals surface area contributed by atoms with Crippen LogP contribution < -0.4 is 10.6 Å². The number of H-pyrrole nitrogens is 1. The van der Waals surface area contributed by atoms with Gasteiger partial charge in [-0.2, -0.15) is 0 Å². The van der Waals surface area contributed by atoms with Gasteiger partial charge in [0.1, 0.15) is 7.11 Å². The zero-order chi connectivity index (χ0) is 19.9. The fourth-order valence-corrected chi connectivity index (χ4v) is 2.99. The summed E-state index contributed by atoms with van der Waals surface area (Å²) in [6, 6.07) is 7.60. The monoisotopic (exact) mass is 380 g/mol. The molecule has 0 aliphatic carbocycles. The Kier molecular flexibility index (Phi) is 6.21. The standard InChI is InChI=1S/C20H24N6O2/c1-4-7-16(26-28-3)15-10-14(13-8-6-9-21-12-13)11-17-18(15)24-19(23-17)25-20(27)22-5-2/h6,8-12H,4-5,7H2,1-3H3,(H3,22,23,24,25,27). The Labute approximate surface area is 163 Å². The molecule has 3 aromatic rings. The SMILES string of the molecule is CCCC(=NOC)c1cc(-c2cccnc2)cc2[nH]c(NC(=O)NCC)nc12. The average Bonchev–Trinajstić information content (AvgIpc) is 3.10. The Morgan fingerprint density at radius 2 is 2.14 bits per heavy atom. The fraction of sp³-hybridized carbons (Fsp3) is 0.300. The van der Waals surface area contributed by atoms with E-state index in [-0.39, 0.29) is 6.03 Å². The number of nitrogens with zero attached hydrogens (tertiary/aromatic N) is 3. The van der Waals surface area contributed by atoms with Crippen LogP contribution in [0.25, 0.3) is 22.2 Å². The number of oxime groups is 1. The molecular weight excluding hydrogens is 356 g/mol. The van der Waals surface area contributed by atoms with Gasteiger partial charge in [0.25, 0.3) is 0 Å². The van der Waals surface area contributed by atoms with Crippen molar-refractivity contribution >= 4 is 28.7 Å². The fourth-order valence-electron chi connectivity index (χ4n) is 2.99. The van der Waals surface area contributed by atoms with Gasteiger partial charge in [-0.05, 0) is 37.1 Å². The summed E-state index contributed by atoms with van der Waals surface area (Å²) in [5.41, 5.74) is 5.14. The molecule has 2 heterocycles. The van der Waals surface area contributed by atoms with Gasteiger partial charge in [0.2, 0.25) is 5.95 Å². The van der Waals surface area contributed by atoms with Crippen molar-refractivity contribution in [1.82, 2.24) is 20.3 Å². The summed E-state index contributed by atoms with van der Waals surface area (Å²) in [6.07, 6.45) is 5.20. The van der Waals surface area contributed by atoms with Crippen LogP contribution in [0.15, 0.2) is 41.8 Å². The molecule has 146 valence electrons. The first-order valence-corrected chi connectivity index (χ1v) is 9.25. The van der Waals surface area contributed by atoms with Crippen LogP contribution in [0.5, 0.6) is 0 Å². The molecule has 0 bridgehead atoms. The number of benzene rings is 1. The second-order valence-corrected chi connectivity index (χ2v) is 6.20. The molecule has 2 amide bonds. The van der Waals surface area contributed by atoms with Gasteiger partial charge in [-0.25, -0.2) is 9.78 Å². The minimum atomic E-state index is -0.310. The van der Waals surface area contributed by atoms with Gasteiger partial charge < -0.3 is 15.1 Å². The number of hydrogen-bond donors (Lipinski definition) is 3. The van der Waals surface area contributed by atoms with Crippen LogP contribution in [0.3, 0.4) is 0 Å². The quantitative estimate of drug-likeness (QED) is 0.427. The van der Waals surface area contributed by atoms with E-state index in [4.69, 9.17) is 4.84 Å². The molecule has 0 saturated heterocycles. The predicted molar refractivity (Wildman–Crippen MR) is 110 cm³/mol. The molecule has 2 aromatic heterocycles. The van der Waals surface area contributed by atoms with E-state index in [1.165, 1.54) is 7.11 Å². The predicted octanol–water partition coefficient (Wildman–Crippen LogP) is 3.92. The first-order chi connectivity index (χ1) is 13.7. The number of anilines is 1. The lowest BCUT2D eigenvalue weighted by Crippen LogP contribution is -2.28. The maximum Gasteiger partial charge on any atom is 0.321 e. The number of aromatic amines is 1. The van der Waals surface area contributed by atoms with Crippen LogP contribution in [0, 0.1) is 0 Å². The Bertz CT molecular complexity index is 981. The van der Waals surface area contributed by atoms with E-state index < -0.39 is 0 Å². The summed E-state index contributed by atoms with van der Waals surface area (Å²) in [4.78, 5) is 28.9. The van der Waals surface area contributed by atoms with Crippen molar-refractivity contribution in [3.63, 3.8) is 0 Å². The number of rotatable bonds is 7. The zero-order valence-corrected chi connectivity index (χ0v) is 16.2. The van der Waals surface area contributed by atoms with Crippen LogP contribution in [0.2, 0.25) is 0 Å². The number of aromatic nitrogens is 3. The molecule has 0 fully saturated rings. The number of carbonyl (C=O) groups excluding carboxylic acids is 1. The van der Waals surface area contributed by atoms with Crippen LogP contribution in [0.1, 0.15) is 32.3 Å². The molecule has 0 spiro atoms. The lowest BCUT2D eigenvalue weighted by Gasteiger charge is -2.09. The number of amides is 2. The molecule has 0 aliphatic rings. The normalized spacial score (nSPS) is 11.5. The topological polar surface area (TPSA) is 104 Å². The molecule has 3 N–H and O–H groups in total. The summed E-state index contributed by atoms with van der Waals surface area (Å²) in [7, 11) is 1.53. The molecule has 0 atom stereocenters. The van der Waals surface area contributed by atoms with E-state index >= 15 is 0 Å². The van der Waals surface area contributed by atoms with Crippen molar-refractivity contribution in [2.45, 2.75) is 26.7 Å². The number of nitrogens with one attached hydrogen (secondary N) is 3. The first-order valence-electron chi connectivity index (χ1n) is 9.25. The average molecular weight is 380 g/mol. The summed E-state index contributed by atoms with van der Waals surface area (Å²) < 4.78 is 0. The zero-order valence-electron chi connectivity index (χ0n) is 16.2. The molecule has 0 saturated carbocycles. The van der Waals surface area contributed by atoms with E-state index in [2.05, 4.69) is 37.7 Å². The summed E-state index contributed by atoms with van der Waals surface area (Å²) >= 11 is 0. The Morgan fingerprint density at radius 3 is 2.82 bits per heavy atom.